The van der Waals surface area contributed by atoms with Crippen molar-refractivity contribution in [3.8, 4) is 5.75 Å². The van der Waals surface area contributed by atoms with Crippen LogP contribution in [0.1, 0.15) is 24.0 Å². The van der Waals surface area contributed by atoms with E-state index in [-0.39, 0.29) is 0 Å². The monoisotopic (exact) mass is 310 g/mol. The Kier molecular flexibility index (Phi) is 5.01. The first-order valence-corrected chi connectivity index (χ1v) is 8.01. The maximum atomic E-state index is 6.22. The Morgan fingerprint density at radius 2 is 2.33 bits per heavy atom. The molecule has 0 aromatic heterocycles. The van der Waals surface area contributed by atoms with Gasteiger partial charge in [-0.05, 0) is 51.0 Å². The van der Waals surface area contributed by atoms with Crippen LogP contribution in [0, 0.1) is 5.92 Å². The average molecular weight is 311 g/mol. The summed E-state index contributed by atoms with van der Waals surface area (Å²) in [5, 5.41) is 4.23. The predicted molar refractivity (Wildman–Crippen MR) is 83.7 cm³/mol. The van der Waals surface area contributed by atoms with Crippen LogP contribution in [-0.2, 0) is 17.9 Å². The molecule has 0 amide bonds. The lowest BCUT2D eigenvalue weighted by Crippen LogP contribution is -2.36. The first kappa shape index (κ1) is 15.1. The predicted octanol–water partition coefficient (Wildman–Crippen LogP) is 2.64. The maximum Gasteiger partial charge on any atom is 0.189 e. The van der Waals surface area contributed by atoms with Crippen molar-refractivity contribution in [3.63, 3.8) is 0 Å². The van der Waals surface area contributed by atoms with Crippen molar-refractivity contribution in [2.75, 3.05) is 33.5 Å². The number of benzene rings is 1. The van der Waals surface area contributed by atoms with Gasteiger partial charge in [-0.15, -0.1) is 0 Å². The summed E-state index contributed by atoms with van der Waals surface area (Å²) in [6.45, 7) is 5.17. The number of fused-ring (bicyclic) bond motifs is 1. The molecule has 0 radical (unpaired) electrons. The van der Waals surface area contributed by atoms with Crippen LogP contribution >= 0.6 is 11.6 Å². The van der Waals surface area contributed by atoms with Gasteiger partial charge in [0, 0.05) is 29.2 Å². The summed E-state index contributed by atoms with van der Waals surface area (Å²) in [7, 11) is 2.17. The summed E-state index contributed by atoms with van der Waals surface area (Å²) in [6.07, 6.45) is 2.60. The third-order valence-electron chi connectivity index (χ3n) is 4.16. The molecule has 2 aliphatic rings. The molecule has 1 aromatic carbocycles. The van der Waals surface area contributed by atoms with E-state index in [1.807, 2.05) is 12.1 Å². The Morgan fingerprint density at radius 3 is 3.14 bits per heavy atom. The molecule has 1 unspecified atom stereocenters. The summed E-state index contributed by atoms with van der Waals surface area (Å²) >= 11 is 6.22. The molecular weight excluding hydrogens is 288 g/mol. The van der Waals surface area contributed by atoms with Gasteiger partial charge in [0.2, 0.25) is 0 Å². The maximum absolute atomic E-state index is 6.22. The van der Waals surface area contributed by atoms with Crippen molar-refractivity contribution in [2.24, 2.45) is 5.92 Å². The first-order valence-electron chi connectivity index (χ1n) is 7.63. The lowest BCUT2D eigenvalue weighted by Gasteiger charge is -2.29. The third-order valence-corrected chi connectivity index (χ3v) is 4.38. The highest BCUT2D eigenvalue weighted by atomic mass is 35.5. The van der Waals surface area contributed by atoms with E-state index in [4.69, 9.17) is 21.1 Å². The molecule has 4 nitrogen and oxygen atoms in total. The number of nitrogens with zero attached hydrogens (tertiary/aromatic N) is 1. The van der Waals surface area contributed by atoms with Crippen molar-refractivity contribution in [2.45, 2.75) is 26.0 Å². The van der Waals surface area contributed by atoms with Crippen LogP contribution in [0.3, 0.4) is 0 Å². The van der Waals surface area contributed by atoms with E-state index in [0.29, 0.717) is 13.4 Å². The van der Waals surface area contributed by atoms with Gasteiger partial charge in [0.05, 0.1) is 6.61 Å². The van der Waals surface area contributed by atoms with Crippen LogP contribution in [-0.4, -0.2) is 38.4 Å². The normalized spacial score (nSPS) is 22.0. The Morgan fingerprint density at radius 1 is 1.43 bits per heavy atom. The first-order chi connectivity index (χ1) is 10.2. The molecule has 1 atom stereocenters. The van der Waals surface area contributed by atoms with Crippen LogP contribution in [0.15, 0.2) is 12.1 Å². The number of piperidine rings is 1. The molecule has 116 valence electrons. The number of nitrogens with one attached hydrogen (secondary N) is 1. The van der Waals surface area contributed by atoms with Crippen LogP contribution < -0.4 is 10.1 Å². The summed E-state index contributed by atoms with van der Waals surface area (Å²) in [5.74, 6) is 1.70. The zero-order chi connectivity index (χ0) is 14.7. The standard InChI is InChI=1S/C16H23ClN2O2/c1-19(8-12-3-2-4-18-7-12)9-13-5-15(17)6-14-10-20-11-21-16(13)14/h5-6,12,18H,2-4,7-11H2,1H3. The van der Waals surface area contributed by atoms with Crippen LogP contribution in [0.2, 0.25) is 5.02 Å². The molecular formula is C16H23ClN2O2. The molecule has 1 aromatic rings. The average Bonchev–Trinajstić information content (AvgIpc) is 2.48. The zero-order valence-electron chi connectivity index (χ0n) is 12.5. The molecule has 21 heavy (non-hydrogen) atoms. The summed E-state index contributed by atoms with van der Waals surface area (Å²) in [5.41, 5.74) is 2.21. The van der Waals surface area contributed by atoms with Gasteiger partial charge in [-0.1, -0.05) is 11.6 Å². The van der Waals surface area contributed by atoms with Crippen LogP contribution in [0.5, 0.6) is 5.75 Å². The van der Waals surface area contributed by atoms with Gasteiger partial charge < -0.3 is 19.7 Å². The summed E-state index contributed by atoms with van der Waals surface area (Å²) < 4.78 is 11.0. The van der Waals surface area contributed by atoms with Gasteiger partial charge in [-0.3, -0.25) is 0 Å². The molecule has 5 heteroatoms. The van der Waals surface area contributed by atoms with Gasteiger partial charge >= 0.3 is 0 Å². The number of hydrogen-bond acceptors (Lipinski definition) is 4. The quantitative estimate of drug-likeness (QED) is 0.927. The molecule has 0 aliphatic carbocycles. The van der Waals surface area contributed by atoms with Crippen molar-refractivity contribution < 1.29 is 9.47 Å². The summed E-state index contributed by atoms with van der Waals surface area (Å²) in [6, 6.07) is 3.95. The Balaban J connectivity index is 1.67. The van der Waals surface area contributed by atoms with E-state index in [1.165, 1.54) is 12.8 Å². The lowest BCUT2D eigenvalue weighted by atomic mass is 9.99. The molecule has 0 saturated carbocycles. The number of ether oxygens (including phenoxy) is 2. The van der Waals surface area contributed by atoms with Gasteiger partial charge in [0.25, 0.3) is 0 Å². The molecule has 1 N–H and O–H groups in total. The second kappa shape index (κ2) is 6.97. The van der Waals surface area contributed by atoms with E-state index in [2.05, 4.69) is 17.3 Å². The minimum Gasteiger partial charge on any atom is -0.467 e. The van der Waals surface area contributed by atoms with E-state index < -0.39 is 0 Å². The largest absolute Gasteiger partial charge is 0.467 e. The van der Waals surface area contributed by atoms with Crippen molar-refractivity contribution in [1.82, 2.24) is 10.2 Å². The second-order valence-electron chi connectivity index (χ2n) is 6.07. The number of rotatable bonds is 4. The minimum absolute atomic E-state index is 0.331. The second-order valence-corrected chi connectivity index (χ2v) is 6.51. The van der Waals surface area contributed by atoms with Crippen molar-refractivity contribution in [3.05, 3.63) is 28.3 Å². The highest BCUT2D eigenvalue weighted by molar-refractivity contribution is 6.30. The fraction of sp³-hybridized carbons (Fsp3) is 0.625. The molecule has 0 bridgehead atoms. The summed E-state index contributed by atoms with van der Waals surface area (Å²) in [4.78, 5) is 2.36. The van der Waals surface area contributed by atoms with Crippen LogP contribution in [0.25, 0.3) is 0 Å². The van der Waals surface area contributed by atoms with Gasteiger partial charge in [0.15, 0.2) is 6.79 Å². The topological polar surface area (TPSA) is 33.7 Å². The van der Waals surface area contributed by atoms with E-state index in [0.717, 1.165) is 54.0 Å². The fourth-order valence-electron chi connectivity index (χ4n) is 3.25. The Hall–Kier alpha value is -0.810. The van der Waals surface area contributed by atoms with E-state index in [9.17, 15) is 0 Å². The molecule has 1 saturated heterocycles. The van der Waals surface area contributed by atoms with Crippen molar-refractivity contribution in [1.29, 1.82) is 0 Å². The SMILES string of the molecule is CN(Cc1cc(Cl)cc2c1OCOC2)CC1CCCNC1. The van der Waals surface area contributed by atoms with Crippen LogP contribution in [0.4, 0.5) is 0 Å². The van der Waals surface area contributed by atoms with Gasteiger partial charge in [-0.25, -0.2) is 0 Å². The molecule has 1 fully saturated rings. The highest BCUT2D eigenvalue weighted by Crippen LogP contribution is 2.32. The van der Waals surface area contributed by atoms with E-state index >= 15 is 0 Å². The Bertz CT molecular complexity index is 489. The molecule has 2 aliphatic heterocycles. The minimum atomic E-state index is 0.331. The number of halogens is 1. The highest BCUT2D eigenvalue weighted by Gasteiger charge is 2.19. The smallest absolute Gasteiger partial charge is 0.189 e. The molecule has 0 spiro atoms. The fourth-order valence-corrected chi connectivity index (χ4v) is 3.51. The third kappa shape index (κ3) is 3.89. The van der Waals surface area contributed by atoms with Gasteiger partial charge in [-0.2, -0.15) is 0 Å². The van der Waals surface area contributed by atoms with E-state index in [1.54, 1.807) is 0 Å². The lowest BCUT2D eigenvalue weighted by molar-refractivity contribution is -0.0174. The molecule has 3 rings (SSSR count). The molecule has 2 heterocycles. The zero-order valence-corrected chi connectivity index (χ0v) is 13.3. The van der Waals surface area contributed by atoms with Crippen molar-refractivity contribution >= 4 is 11.6 Å². The number of hydrogen-bond donors (Lipinski definition) is 1. The van der Waals surface area contributed by atoms with Gasteiger partial charge in [0.1, 0.15) is 5.75 Å². The Labute approximate surface area is 131 Å².